The third kappa shape index (κ3) is 1.73. The lowest BCUT2D eigenvalue weighted by Gasteiger charge is -2.17. The number of hydrogen-bond acceptors (Lipinski definition) is 4. The average Bonchev–Trinajstić information content (AvgIpc) is 2.90. The molecule has 0 saturated carbocycles. The number of aromatic nitrogens is 4. The van der Waals surface area contributed by atoms with Crippen LogP contribution in [-0.2, 0) is 5.41 Å². The van der Waals surface area contributed by atoms with Crippen LogP contribution in [0.3, 0.4) is 0 Å². The van der Waals surface area contributed by atoms with E-state index >= 15 is 0 Å². The molecule has 0 aromatic carbocycles. The fourth-order valence-corrected chi connectivity index (χ4v) is 1.44. The minimum Gasteiger partial charge on any atom is -0.338 e. The van der Waals surface area contributed by atoms with Crippen LogP contribution in [0.15, 0.2) is 16.8 Å². The first-order valence-corrected chi connectivity index (χ1v) is 5.35. The van der Waals surface area contributed by atoms with Gasteiger partial charge in [0, 0.05) is 12.1 Å². The number of nitrogens with one attached hydrogen (secondary N) is 1. The summed E-state index contributed by atoms with van der Waals surface area (Å²) in [6, 6.07) is 1.92. The van der Waals surface area contributed by atoms with Gasteiger partial charge < -0.3 is 4.52 Å². The largest absolute Gasteiger partial charge is 0.338 e. The van der Waals surface area contributed by atoms with E-state index in [1.165, 1.54) is 0 Å². The van der Waals surface area contributed by atoms with Gasteiger partial charge in [-0.2, -0.15) is 10.1 Å². The van der Waals surface area contributed by atoms with Crippen LogP contribution in [0.1, 0.15) is 51.0 Å². The normalized spacial score (nSPS) is 12.3. The van der Waals surface area contributed by atoms with Crippen molar-refractivity contribution < 1.29 is 4.52 Å². The van der Waals surface area contributed by atoms with Gasteiger partial charge in [0.25, 0.3) is 0 Å². The van der Waals surface area contributed by atoms with E-state index in [2.05, 4.69) is 20.3 Å². The van der Waals surface area contributed by atoms with Gasteiger partial charge in [-0.25, -0.2) is 0 Å². The maximum atomic E-state index is 5.31. The topological polar surface area (TPSA) is 67.6 Å². The van der Waals surface area contributed by atoms with Crippen molar-refractivity contribution >= 4 is 0 Å². The molecular weight excluding hydrogens is 204 g/mol. The van der Waals surface area contributed by atoms with E-state index in [0.29, 0.717) is 5.89 Å². The number of aromatic amines is 1. The van der Waals surface area contributed by atoms with Crippen LogP contribution in [0, 0.1) is 0 Å². The van der Waals surface area contributed by atoms with Gasteiger partial charge in [0.15, 0.2) is 5.82 Å². The van der Waals surface area contributed by atoms with E-state index in [9.17, 15) is 0 Å². The Hall–Kier alpha value is -1.65. The SMILES string of the molecule is CC(C)c1noc(C(C)(C)c2ccn[nH]2)n1. The van der Waals surface area contributed by atoms with Crippen molar-refractivity contribution in [3.63, 3.8) is 0 Å². The molecule has 0 spiro atoms. The molecule has 2 aromatic rings. The van der Waals surface area contributed by atoms with Crippen LogP contribution in [-0.4, -0.2) is 20.3 Å². The molecule has 0 saturated heterocycles. The average molecular weight is 220 g/mol. The summed E-state index contributed by atoms with van der Waals surface area (Å²) in [6.45, 7) is 8.13. The summed E-state index contributed by atoms with van der Waals surface area (Å²) in [4.78, 5) is 4.41. The maximum absolute atomic E-state index is 5.31. The van der Waals surface area contributed by atoms with Crippen molar-refractivity contribution in [3.05, 3.63) is 29.7 Å². The van der Waals surface area contributed by atoms with Crippen LogP contribution >= 0.6 is 0 Å². The van der Waals surface area contributed by atoms with Gasteiger partial charge in [-0.1, -0.05) is 19.0 Å². The number of nitrogens with zero attached hydrogens (tertiary/aromatic N) is 3. The second-order valence-corrected chi connectivity index (χ2v) is 4.71. The molecule has 0 bridgehead atoms. The Bertz CT molecular complexity index is 456. The fraction of sp³-hybridized carbons (Fsp3) is 0.545. The predicted octanol–water partition coefficient (Wildman–Crippen LogP) is 2.24. The Morgan fingerprint density at radius 2 is 2.12 bits per heavy atom. The Morgan fingerprint density at radius 3 is 2.62 bits per heavy atom. The molecule has 2 rings (SSSR count). The third-order valence-corrected chi connectivity index (χ3v) is 2.67. The highest BCUT2D eigenvalue weighted by Gasteiger charge is 2.31. The monoisotopic (exact) mass is 220 g/mol. The highest BCUT2D eigenvalue weighted by atomic mass is 16.5. The lowest BCUT2D eigenvalue weighted by atomic mass is 9.89. The summed E-state index contributed by atoms with van der Waals surface area (Å²) < 4.78 is 5.31. The van der Waals surface area contributed by atoms with Gasteiger partial charge in [-0.05, 0) is 19.9 Å². The van der Waals surface area contributed by atoms with Crippen LogP contribution < -0.4 is 0 Å². The van der Waals surface area contributed by atoms with Crippen LogP contribution in [0.4, 0.5) is 0 Å². The molecule has 0 radical (unpaired) electrons. The van der Waals surface area contributed by atoms with Crippen molar-refractivity contribution in [1.29, 1.82) is 0 Å². The predicted molar refractivity (Wildman–Crippen MR) is 59.1 cm³/mol. The molecule has 0 atom stereocenters. The van der Waals surface area contributed by atoms with E-state index in [4.69, 9.17) is 4.52 Å². The van der Waals surface area contributed by atoms with E-state index < -0.39 is 0 Å². The first-order chi connectivity index (χ1) is 7.51. The van der Waals surface area contributed by atoms with Crippen molar-refractivity contribution in [2.45, 2.75) is 39.0 Å². The molecule has 2 aromatic heterocycles. The Labute approximate surface area is 94.3 Å². The van der Waals surface area contributed by atoms with Gasteiger partial charge >= 0.3 is 0 Å². The summed E-state index contributed by atoms with van der Waals surface area (Å²) >= 11 is 0. The molecule has 0 aliphatic heterocycles. The second kappa shape index (κ2) is 3.73. The third-order valence-electron chi connectivity index (χ3n) is 2.67. The standard InChI is InChI=1S/C11H16N4O/c1-7(2)9-13-10(16-15-9)11(3,4)8-5-6-12-14-8/h5-7H,1-4H3,(H,12,14). The number of hydrogen-bond donors (Lipinski definition) is 1. The van der Waals surface area contributed by atoms with Gasteiger partial charge in [0.1, 0.15) is 0 Å². The smallest absolute Gasteiger partial charge is 0.238 e. The molecule has 16 heavy (non-hydrogen) atoms. The zero-order valence-electron chi connectivity index (χ0n) is 9.98. The van der Waals surface area contributed by atoms with E-state index in [1.807, 2.05) is 33.8 Å². The van der Waals surface area contributed by atoms with Crippen molar-refractivity contribution in [2.75, 3.05) is 0 Å². The van der Waals surface area contributed by atoms with Crippen molar-refractivity contribution in [1.82, 2.24) is 20.3 Å². The van der Waals surface area contributed by atoms with Gasteiger partial charge in [0.05, 0.1) is 11.1 Å². The van der Waals surface area contributed by atoms with Crippen LogP contribution in [0.25, 0.3) is 0 Å². The molecule has 5 heteroatoms. The first kappa shape index (κ1) is 10.9. The molecule has 0 aliphatic carbocycles. The number of rotatable bonds is 3. The van der Waals surface area contributed by atoms with Gasteiger partial charge in [-0.3, -0.25) is 5.10 Å². The van der Waals surface area contributed by atoms with Crippen LogP contribution in [0.2, 0.25) is 0 Å². The fourth-order valence-electron chi connectivity index (χ4n) is 1.44. The highest BCUT2D eigenvalue weighted by Crippen LogP contribution is 2.29. The molecule has 0 amide bonds. The summed E-state index contributed by atoms with van der Waals surface area (Å²) in [5.41, 5.74) is 0.628. The minimum absolute atomic E-state index is 0.273. The van der Waals surface area contributed by atoms with E-state index in [0.717, 1.165) is 11.5 Å². The Kier molecular flexibility index (Phi) is 2.53. The second-order valence-electron chi connectivity index (χ2n) is 4.71. The minimum atomic E-state index is -0.337. The van der Waals surface area contributed by atoms with E-state index in [1.54, 1.807) is 6.20 Å². The molecule has 2 heterocycles. The van der Waals surface area contributed by atoms with Crippen LogP contribution in [0.5, 0.6) is 0 Å². The Morgan fingerprint density at radius 1 is 1.38 bits per heavy atom. The molecule has 5 nitrogen and oxygen atoms in total. The summed E-state index contributed by atoms with van der Waals surface area (Å²) in [7, 11) is 0. The van der Waals surface area contributed by atoms with Crippen molar-refractivity contribution in [2.24, 2.45) is 0 Å². The molecule has 0 fully saturated rings. The zero-order chi connectivity index (χ0) is 11.8. The van der Waals surface area contributed by atoms with Crippen molar-refractivity contribution in [3.8, 4) is 0 Å². The lowest BCUT2D eigenvalue weighted by Crippen LogP contribution is -2.20. The Balaban J connectivity index is 2.36. The molecule has 1 N–H and O–H groups in total. The van der Waals surface area contributed by atoms with Gasteiger partial charge in [-0.15, -0.1) is 0 Å². The first-order valence-electron chi connectivity index (χ1n) is 5.35. The number of H-pyrrole nitrogens is 1. The quantitative estimate of drug-likeness (QED) is 0.861. The molecule has 86 valence electrons. The van der Waals surface area contributed by atoms with Gasteiger partial charge in [0.2, 0.25) is 5.89 Å². The summed E-state index contributed by atoms with van der Waals surface area (Å²) in [5, 5.41) is 10.8. The summed E-state index contributed by atoms with van der Waals surface area (Å²) in [6.07, 6.45) is 1.72. The highest BCUT2D eigenvalue weighted by molar-refractivity contribution is 5.21. The zero-order valence-corrected chi connectivity index (χ0v) is 9.98. The molecule has 0 aliphatic rings. The molecular formula is C11H16N4O. The molecule has 0 unspecified atom stereocenters. The lowest BCUT2D eigenvalue weighted by molar-refractivity contribution is 0.325. The maximum Gasteiger partial charge on any atom is 0.238 e. The van der Waals surface area contributed by atoms with E-state index in [-0.39, 0.29) is 11.3 Å². The summed E-state index contributed by atoms with van der Waals surface area (Å²) in [5.74, 6) is 1.62.